The fourth-order valence-electron chi connectivity index (χ4n) is 7.82. The van der Waals surface area contributed by atoms with Gasteiger partial charge in [-0.2, -0.15) is 0 Å². The lowest BCUT2D eigenvalue weighted by Crippen LogP contribution is -2.58. The third-order valence-corrected chi connectivity index (χ3v) is 9.16. The number of fused-ring (bicyclic) bond motifs is 5. The van der Waals surface area contributed by atoms with Gasteiger partial charge in [0.2, 0.25) is 0 Å². The Morgan fingerprint density at radius 2 is 1.66 bits per heavy atom. The van der Waals surface area contributed by atoms with Crippen LogP contribution in [-0.2, 0) is 28.7 Å². The second-order valence-corrected chi connectivity index (χ2v) is 10.8. The van der Waals surface area contributed by atoms with Gasteiger partial charge in [0.05, 0.1) is 0 Å². The molecule has 0 heterocycles. The molecule has 174 valence electrons. The van der Waals surface area contributed by atoms with E-state index in [1.165, 1.54) is 13.8 Å². The number of rotatable bonds is 3. The van der Waals surface area contributed by atoms with Crippen LogP contribution in [-0.4, -0.2) is 35.2 Å². The molecule has 7 atom stereocenters. The summed E-state index contributed by atoms with van der Waals surface area (Å²) in [6.45, 7) is 10.6. The summed E-state index contributed by atoms with van der Waals surface area (Å²) in [4.78, 5) is 49.1. The summed E-state index contributed by atoms with van der Waals surface area (Å²) in [5.41, 5.74) is 0.337. The van der Waals surface area contributed by atoms with Crippen LogP contribution in [0.3, 0.4) is 0 Å². The summed E-state index contributed by atoms with van der Waals surface area (Å²) in [5, 5.41) is 0. The fraction of sp³-hybridized carbons (Fsp3) is 0.692. The molecule has 0 aliphatic heterocycles. The van der Waals surface area contributed by atoms with Crippen molar-refractivity contribution < 1.29 is 28.7 Å². The molecule has 4 aliphatic rings. The van der Waals surface area contributed by atoms with E-state index >= 15 is 0 Å². The second kappa shape index (κ2) is 7.39. The first-order chi connectivity index (χ1) is 14.9. The van der Waals surface area contributed by atoms with Gasteiger partial charge in [-0.3, -0.25) is 19.2 Å². The zero-order valence-electron chi connectivity index (χ0n) is 19.9. The molecular formula is C26H34O6. The first-order valence-corrected chi connectivity index (χ1v) is 11.7. The zero-order valence-corrected chi connectivity index (χ0v) is 19.9. The second-order valence-electron chi connectivity index (χ2n) is 10.8. The van der Waals surface area contributed by atoms with Crippen LogP contribution >= 0.6 is 0 Å². The molecule has 6 heteroatoms. The molecule has 6 nitrogen and oxygen atoms in total. The molecule has 4 rings (SSSR count). The Hall–Kier alpha value is -2.24. The highest BCUT2D eigenvalue weighted by molar-refractivity contribution is 5.97. The summed E-state index contributed by atoms with van der Waals surface area (Å²) in [6.07, 6.45) is 6.68. The third kappa shape index (κ3) is 3.05. The van der Waals surface area contributed by atoms with Crippen molar-refractivity contribution in [1.82, 2.24) is 0 Å². The van der Waals surface area contributed by atoms with Gasteiger partial charge in [0.25, 0.3) is 0 Å². The van der Waals surface area contributed by atoms with Gasteiger partial charge in [-0.1, -0.05) is 25.5 Å². The van der Waals surface area contributed by atoms with E-state index in [0.717, 1.165) is 30.4 Å². The predicted octanol–water partition coefficient (Wildman–Crippen LogP) is 4.12. The smallest absolute Gasteiger partial charge is 0.303 e. The number of hydrogen-bond acceptors (Lipinski definition) is 6. The highest BCUT2D eigenvalue weighted by atomic mass is 16.6. The zero-order chi connectivity index (χ0) is 23.6. The molecule has 4 aliphatic carbocycles. The summed E-state index contributed by atoms with van der Waals surface area (Å²) >= 11 is 0. The molecule has 0 amide bonds. The van der Waals surface area contributed by atoms with Gasteiger partial charge < -0.3 is 9.47 Å². The van der Waals surface area contributed by atoms with Crippen molar-refractivity contribution in [2.24, 2.45) is 28.6 Å². The highest BCUT2D eigenvalue weighted by Crippen LogP contribution is 2.67. The third-order valence-electron chi connectivity index (χ3n) is 9.16. The van der Waals surface area contributed by atoms with Gasteiger partial charge in [0.1, 0.15) is 0 Å². The maximum Gasteiger partial charge on any atom is 0.303 e. The molecule has 0 N–H and O–H groups in total. The van der Waals surface area contributed by atoms with E-state index in [0.29, 0.717) is 12.8 Å². The number of ether oxygens (including phenoxy) is 2. The van der Waals surface area contributed by atoms with Crippen molar-refractivity contribution in [3.05, 3.63) is 23.3 Å². The van der Waals surface area contributed by atoms with Crippen molar-refractivity contribution >= 4 is 23.5 Å². The minimum absolute atomic E-state index is 0.0716. The lowest BCUT2D eigenvalue weighted by atomic mass is 9.47. The van der Waals surface area contributed by atoms with Gasteiger partial charge >= 0.3 is 11.9 Å². The van der Waals surface area contributed by atoms with Crippen molar-refractivity contribution in [2.45, 2.75) is 85.4 Å². The van der Waals surface area contributed by atoms with E-state index in [-0.39, 0.29) is 34.7 Å². The Balaban J connectivity index is 1.76. The Morgan fingerprint density at radius 1 is 1.00 bits per heavy atom. The van der Waals surface area contributed by atoms with Crippen molar-refractivity contribution in [1.29, 1.82) is 0 Å². The van der Waals surface area contributed by atoms with Gasteiger partial charge in [-0.05, 0) is 68.9 Å². The number of Topliss-reactive ketones (excluding diaryl/α,β-unsaturated/α-hetero) is 1. The number of ketones is 2. The number of carbonyl (C=O) groups is 4. The monoisotopic (exact) mass is 442 g/mol. The summed E-state index contributed by atoms with van der Waals surface area (Å²) < 4.78 is 11.2. The topological polar surface area (TPSA) is 86.7 Å². The number of carbonyl (C=O) groups excluding carboxylic acids is 4. The van der Waals surface area contributed by atoms with Crippen LogP contribution in [0.2, 0.25) is 0 Å². The van der Waals surface area contributed by atoms with Crippen LogP contribution in [0, 0.1) is 28.6 Å². The van der Waals surface area contributed by atoms with E-state index in [1.54, 1.807) is 13.0 Å². The van der Waals surface area contributed by atoms with E-state index < -0.39 is 29.1 Å². The molecule has 0 aromatic heterocycles. The molecule has 0 unspecified atom stereocenters. The van der Waals surface area contributed by atoms with Crippen LogP contribution in [0.1, 0.15) is 73.6 Å². The van der Waals surface area contributed by atoms with E-state index in [1.807, 2.05) is 6.92 Å². The van der Waals surface area contributed by atoms with Crippen molar-refractivity contribution in [2.75, 3.05) is 0 Å². The molecule has 0 spiro atoms. The first-order valence-electron chi connectivity index (χ1n) is 11.7. The lowest BCUT2D eigenvalue weighted by molar-refractivity contribution is -0.185. The molecule has 0 radical (unpaired) electrons. The highest BCUT2D eigenvalue weighted by Gasteiger charge is 2.67. The van der Waals surface area contributed by atoms with E-state index in [4.69, 9.17) is 9.47 Å². The minimum Gasteiger partial charge on any atom is -0.454 e. The largest absolute Gasteiger partial charge is 0.454 e. The normalized spacial score (nSPS) is 42.6. The Labute approximate surface area is 189 Å². The Bertz CT molecular complexity index is 959. The minimum atomic E-state index is -1.07. The SMILES string of the molecule is CC(=O)O[C@@H]1C[C@@]2(C)C(=CC1=O)C(C)=C[C@@H]1[C@@H]2CC[C@@]2(C)[C@H]1CC[C@@]2(OC(C)=O)C(C)=O. The van der Waals surface area contributed by atoms with Crippen LogP contribution in [0.4, 0.5) is 0 Å². The van der Waals surface area contributed by atoms with Crippen LogP contribution in [0.15, 0.2) is 23.3 Å². The number of hydrogen-bond donors (Lipinski definition) is 0. The number of esters is 2. The van der Waals surface area contributed by atoms with Gasteiger partial charge in [-0.25, -0.2) is 0 Å². The summed E-state index contributed by atoms with van der Waals surface area (Å²) in [7, 11) is 0. The lowest BCUT2D eigenvalue weighted by Gasteiger charge is -2.58. The first kappa shape index (κ1) is 22.9. The average Bonchev–Trinajstić information content (AvgIpc) is 2.97. The maximum atomic E-state index is 12.9. The molecular weight excluding hydrogens is 408 g/mol. The summed E-state index contributed by atoms with van der Waals surface area (Å²) in [5.74, 6) is -0.401. The van der Waals surface area contributed by atoms with Crippen LogP contribution in [0.25, 0.3) is 0 Å². The van der Waals surface area contributed by atoms with Crippen molar-refractivity contribution in [3.63, 3.8) is 0 Å². The van der Waals surface area contributed by atoms with Crippen LogP contribution < -0.4 is 0 Å². The fourth-order valence-corrected chi connectivity index (χ4v) is 7.82. The maximum absolute atomic E-state index is 12.9. The van der Waals surface area contributed by atoms with Gasteiger partial charge in [0, 0.05) is 31.1 Å². The molecule has 2 fully saturated rings. The van der Waals surface area contributed by atoms with E-state index in [9.17, 15) is 19.2 Å². The predicted molar refractivity (Wildman–Crippen MR) is 117 cm³/mol. The van der Waals surface area contributed by atoms with E-state index in [2.05, 4.69) is 19.9 Å². The van der Waals surface area contributed by atoms with Gasteiger partial charge in [-0.15, -0.1) is 0 Å². The molecule has 0 saturated heterocycles. The molecule has 2 saturated carbocycles. The number of allylic oxidation sites excluding steroid dienone is 3. The van der Waals surface area contributed by atoms with Crippen molar-refractivity contribution in [3.8, 4) is 0 Å². The Morgan fingerprint density at radius 3 is 2.25 bits per heavy atom. The summed E-state index contributed by atoms with van der Waals surface area (Å²) in [6, 6.07) is 0. The molecule has 32 heavy (non-hydrogen) atoms. The van der Waals surface area contributed by atoms with Crippen LogP contribution in [0.5, 0.6) is 0 Å². The Kier molecular flexibility index (Phi) is 5.30. The molecule has 0 bridgehead atoms. The van der Waals surface area contributed by atoms with Gasteiger partial charge in [0.15, 0.2) is 23.3 Å². The average molecular weight is 443 g/mol. The quantitative estimate of drug-likeness (QED) is 0.611. The molecule has 0 aromatic rings. The molecule has 0 aromatic carbocycles. The standard InChI is InChI=1S/C26H34O6/c1-14-11-18-19(24(5)13-23(31-16(3)28)22(30)12-21(14)24)7-9-25(6)20(18)8-10-26(25,15(2)27)32-17(4)29/h11-12,18-20,23H,7-10,13H2,1-6H3/t18-,19+,20+,23-,24-,25+,26-/m1/s1.